The predicted octanol–water partition coefficient (Wildman–Crippen LogP) is 4.65. The van der Waals surface area contributed by atoms with Crippen molar-refractivity contribution < 1.29 is 4.74 Å². The molecule has 2 heterocycles. The zero-order valence-electron chi connectivity index (χ0n) is 12.7. The van der Waals surface area contributed by atoms with Crippen molar-refractivity contribution in [1.29, 1.82) is 0 Å². The molecule has 108 valence electrons. The van der Waals surface area contributed by atoms with E-state index in [0.29, 0.717) is 6.61 Å². The van der Waals surface area contributed by atoms with Crippen LogP contribution in [0.3, 0.4) is 0 Å². The molecule has 21 heavy (non-hydrogen) atoms. The Kier molecular flexibility index (Phi) is 3.42. The number of pyridine rings is 1. The van der Waals surface area contributed by atoms with Crippen LogP contribution in [0.4, 0.5) is 0 Å². The van der Waals surface area contributed by atoms with Gasteiger partial charge in [-0.05, 0) is 29.7 Å². The lowest BCUT2D eigenvalue weighted by Gasteiger charge is -2.18. The molecule has 3 heteroatoms. The molecule has 0 amide bonds. The number of hydrogen-bond donors (Lipinski definition) is 1. The summed E-state index contributed by atoms with van der Waals surface area (Å²) < 4.78 is 5.75. The molecule has 0 unspecified atom stereocenters. The lowest BCUT2D eigenvalue weighted by Crippen LogP contribution is -2.16. The molecule has 0 aliphatic carbocycles. The topological polar surface area (TPSA) is 37.9 Å². The van der Waals surface area contributed by atoms with Crippen molar-refractivity contribution in [1.82, 2.24) is 9.97 Å². The average molecular weight is 280 g/mol. The van der Waals surface area contributed by atoms with Gasteiger partial charge in [0.2, 0.25) is 0 Å². The van der Waals surface area contributed by atoms with Crippen molar-refractivity contribution in [2.75, 3.05) is 6.61 Å². The highest BCUT2D eigenvalue weighted by Gasteiger charge is 2.11. The smallest absolute Gasteiger partial charge is 0.137 e. The summed E-state index contributed by atoms with van der Waals surface area (Å²) in [6.07, 6.45) is 1.78. The van der Waals surface area contributed by atoms with Gasteiger partial charge in [0.25, 0.3) is 0 Å². The van der Waals surface area contributed by atoms with E-state index in [4.69, 9.17) is 4.74 Å². The van der Waals surface area contributed by atoms with Crippen molar-refractivity contribution >= 4 is 10.9 Å². The van der Waals surface area contributed by atoms with Crippen molar-refractivity contribution in [3.8, 4) is 17.1 Å². The molecular formula is C18H20N2O. The molecule has 0 spiro atoms. The number of nitrogens with one attached hydrogen (secondary N) is 1. The highest BCUT2D eigenvalue weighted by atomic mass is 16.5. The predicted molar refractivity (Wildman–Crippen MR) is 86.5 cm³/mol. The Bertz CT molecular complexity index is 703. The fourth-order valence-corrected chi connectivity index (χ4v) is 2.14. The molecular weight excluding hydrogens is 260 g/mol. The number of aromatic nitrogens is 2. The molecule has 0 fully saturated rings. The summed E-state index contributed by atoms with van der Waals surface area (Å²) in [6.45, 7) is 7.14. The molecule has 1 N–H and O–H groups in total. The maximum atomic E-state index is 5.75. The number of nitrogens with zero attached hydrogens (tertiary/aromatic N) is 1. The number of H-pyrrole nitrogens is 1. The van der Waals surface area contributed by atoms with Gasteiger partial charge in [-0.1, -0.05) is 39.0 Å². The van der Waals surface area contributed by atoms with Crippen LogP contribution in [0.15, 0.2) is 48.7 Å². The summed E-state index contributed by atoms with van der Waals surface area (Å²) in [7, 11) is 0. The fourth-order valence-electron chi connectivity index (χ4n) is 2.14. The van der Waals surface area contributed by atoms with Crippen molar-refractivity contribution in [3.05, 3.63) is 48.7 Å². The van der Waals surface area contributed by atoms with Crippen LogP contribution in [0.5, 0.6) is 5.75 Å². The molecule has 0 saturated carbocycles. The highest BCUT2D eigenvalue weighted by molar-refractivity contribution is 5.85. The Morgan fingerprint density at radius 3 is 2.57 bits per heavy atom. The Hall–Kier alpha value is -2.29. The third-order valence-corrected chi connectivity index (χ3v) is 3.21. The zero-order valence-corrected chi connectivity index (χ0v) is 12.7. The van der Waals surface area contributed by atoms with E-state index in [1.54, 1.807) is 6.20 Å². The lowest BCUT2D eigenvalue weighted by atomic mass is 9.99. The van der Waals surface area contributed by atoms with Gasteiger partial charge in [-0.2, -0.15) is 0 Å². The number of rotatable bonds is 3. The van der Waals surface area contributed by atoms with E-state index in [2.05, 4.69) is 48.9 Å². The van der Waals surface area contributed by atoms with Gasteiger partial charge in [0.15, 0.2) is 0 Å². The van der Waals surface area contributed by atoms with Gasteiger partial charge in [0.05, 0.1) is 24.2 Å². The van der Waals surface area contributed by atoms with Gasteiger partial charge in [0, 0.05) is 10.9 Å². The molecule has 3 rings (SSSR count). The van der Waals surface area contributed by atoms with Crippen LogP contribution < -0.4 is 4.74 Å². The van der Waals surface area contributed by atoms with Crippen molar-refractivity contribution in [2.45, 2.75) is 20.8 Å². The zero-order chi connectivity index (χ0) is 14.9. The first-order chi connectivity index (χ1) is 10.0. The van der Waals surface area contributed by atoms with Gasteiger partial charge in [-0.25, -0.2) is 0 Å². The second-order valence-electron chi connectivity index (χ2n) is 6.50. The largest absolute Gasteiger partial charge is 0.491 e. The summed E-state index contributed by atoms with van der Waals surface area (Å²) in [6, 6.07) is 14.3. The molecule has 0 aliphatic rings. The number of fused-ring (bicyclic) bond motifs is 1. The molecule has 0 saturated heterocycles. The average Bonchev–Trinajstić information content (AvgIpc) is 2.89. The standard InChI is InChI=1S/C18H20N2O/c1-18(2,3)12-21-14-8-9-16(19-11-14)17-10-13-6-4-5-7-15(13)20-17/h4-11,20H,12H2,1-3H3. The van der Waals surface area contributed by atoms with Crippen LogP contribution in [-0.4, -0.2) is 16.6 Å². The Balaban J connectivity index is 1.80. The Morgan fingerprint density at radius 2 is 1.90 bits per heavy atom. The summed E-state index contributed by atoms with van der Waals surface area (Å²) in [5, 5.41) is 1.20. The Morgan fingerprint density at radius 1 is 1.10 bits per heavy atom. The van der Waals surface area contributed by atoms with E-state index in [0.717, 1.165) is 22.7 Å². The van der Waals surface area contributed by atoms with E-state index in [1.165, 1.54) is 5.39 Å². The molecule has 1 aromatic carbocycles. The first-order valence-electron chi connectivity index (χ1n) is 7.18. The monoisotopic (exact) mass is 280 g/mol. The van der Waals surface area contributed by atoms with Crippen molar-refractivity contribution in [3.63, 3.8) is 0 Å². The Labute approximate surface area is 125 Å². The first-order valence-corrected chi connectivity index (χ1v) is 7.18. The maximum Gasteiger partial charge on any atom is 0.137 e. The van der Waals surface area contributed by atoms with Gasteiger partial charge in [-0.15, -0.1) is 0 Å². The number of ether oxygens (including phenoxy) is 1. The highest BCUT2D eigenvalue weighted by Crippen LogP contribution is 2.24. The molecule has 0 radical (unpaired) electrons. The van der Waals surface area contributed by atoms with Crippen LogP contribution in [0.25, 0.3) is 22.3 Å². The minimum absolute atomic E-state index is 0.149. The first kappa shape index (κ1) is 13.7. The third-order valence-electron chi connectivity index (χ3n) is 3.21. The SMILES string of the molecule is CC(C)(C)COc1ccc(-c2cc3ccccc3[nH]2)nc1. The van der Waals surface area contributed by atoms with Gasteiger partial charge in [-0.3, -0.25) is 4.98 Å². The van der Waals surface area contributed by atoms with E-state index in [1.807, 2.05) is 24.3 Å². The van der Waals surface area contributed by atoms with Crippen LogP contribution in [0, 0.1) is 5.41 Å². The maximum absolute atomic E-state index is 5.75. The fraction of sp³-hybridized carbons (Fsp3) is 0.278. The molecule has 3 nitrogen and oxygen atoms in total. The van der Waals surface area contributed by atoms with Crippen LogP contribution in [-0.2, 0) is 0 Å². The number of hydrogen-bond acceptors (Lipinski definition) is 2. The molecule has 0 aliphatic heterocycles. The van der Waals surface area contributed by atoms with Gasteiger partial charge in [0.1, 0.15) is 5.75 Å². The molecule has 0 atom stereocenters. The lowest BCUT2D eigenvalue weighted by molar-refractivity contribution is 0.197. The molecule has 2 aromatic heterocycles. The van der Waals surface area contributed by atoms with Gasteiger partial charge < -0.3 is 9.72 Å². The number of aromatic amines is 1. The summed E-state index contributed by atoms with van der Waals surface area (Å²) in [4.78, 5) is 7.87. The van der Waals surface area contributed by atoms with E-state index in [9.17, 15) is 0 Å². The van der Waals surface area contributed by atoms with Crippen LogP contribution >= 0.6 is 0 Å². The normalized spacial score (nSPS) is 11.8. The second-order valence-corrected chi connectivity index (χ2v) is 6.50. The summed E-state index contributed by atoms with van der Waals surface area (Å²) in [5.74, 6) is 0.810. The number of para-hydroxylation sites is 1. The van der Waals surface area contributed by atoms with E-state index >= 15 is 0 Å². The number of benzene rings is 1. The van der Waals surface area contributed by atoms with Gasteiger partial charge >= 0.3 is 0 Å². The van der Waals surface area contributed by atoms with E-state index < -0.39 is 0 Å². The van der Waals surface area contributed by atoms with Crippen LogP contribution in [0.1, 0.15) is 20.8 Å². The molecule has 0 bridgehead atoms. The minimum Gasteiger partial charge on any atom is -0.491 e. The van der Waals surface area contributed by atoms with Crippen molar-refractivity contribution in [2.24, 2.45) is 5.41 Å². The minimum atomic E-state index is 0.149. The summed E-state index contributed by atoms with van der Waals surface area (Å²) in [5.41, 5.74) is 3.23. The molecule has 3 aromatic rings. The quantitative estimate of drug-likeness (QED) is 0.758. The van der Waals surface area contributed by atoms with Crippen LogP contribution in [0.2, 0.25) is 0 Å². The van der Waals surface area contributed by atoms with E-state index in [-0.39, 0.29) is 5.41 Å². The summed E-state index contributed by atoms with van der Waals surface area (Å²) >= 11 is 0. The third kappa shape index (κ3) is 3.24. The second kappa shape index (κ2) is 5.24.